The normalized spacial score (nSPS) is 31.4. The monoisotopic (exact) mass is 712 g/mol. The number of hydrogen-bond acceptors (Lipinski definition) is 9. The van der Waals surface area contributed by atoms with Gasteiger partial charge in [-0.1, -0.05) is 12.1 Å². The van der Waals surface area contributed by atoms with Gasteiger partial charge >= 0.3 is 0 Å². The van der Waals surface area contributed by atoms with Crippen LogP contribution in [0.1, 0.15) is 56.9 Å². The molecule has 0 saturated carbocycles. The second-order valence-corrected chi connectivity index (χ2v) is 17.2. The molecule has 7 heterocycles. The largest absolute Gasteiger partial charge is 0.378 e. The second kappa shape index (κ2) is 14.9. The zero-order valence-electron chi connectivity index (χ0n) is 29.2. The maximum Gasteiger partial charge on any atom is 0.246 e. The fourth-order valence-electron chi connectivity index (χ4n) is 9.29. The number of amides is 4. The number of morpholine rings is 1. The van der Waals surface area contributed by atoms with Crippen LogP contribution in [-0.4, -0.2) is 153 Å². The summed E-state index contributed by atoms with van der Waals surface area (Å²) in [6, 6.07) is 5.91. The maximum absolute atomic E-state index is 14.4. The topological polar surface area (TPSA) is 140 Å². The Bertz CT molecular complexity index is 1540. The summed E-state index contributed by atoms with van der Waals surface area (Å²) in [5.41, 5.74) is 0.896. The van der Waals surface area contributed by atoms with Crippen LogP contribution in [0.4, 0.5) is 0 Å². The van der Waals surface area contributed by atoms with E-state index in [2.05, 4.69) is 10.2 Å². The molecular weight excluding hydrogens is 660 g/mol. The summed E-state index contributed by atoms with van der Waals surface area (Å²) in [6.45, 7) is 6.20. The number of benzene rings is 1. The molecule has 13 nitrogen and oxygen atoms in total. The van der Waals surface area contributed by atoms with Crippen LogP contribution in [0.3, 0.4) is 0 Å². The molecule has 14 heteroatoms. The fraction of sp³-hybridized carbons (Fsp3) is 0.722. The number of fused-ring (bicyclic) bond motifs is 3. The first-order chi connectivity index (χ1) is 24.1. The zero-order chi connectivity index (χ0) is 35.0. The molecule has 7 saturated heterocycles. The lowest BCUT2D eigenvalue weighted by Gasteiger charge is -2.43. The van der Waals surface area contributed by atoms with Gasteiger partial charge in [0, 0.05) is 83.5 Å². The van der Waals surface area contributed by atoms with Crippen LogP contribution < -0.4 is 5.32 Å². The lowest BCUT2D eigenvalue weighted by atomic mass is 9.80. The van der Waals surface area contributed by atoms with Gasteiger partial charge in [0.1, 0.15) is 6.04 Å². The SMILES string of the molecule is CS(=O)(=O)c1ccc(CN[C@@H]2CCN3C(=O)C[C@H]4CN(CC[C@H]4CC(=O)N4CCOCC4)C(=O)[C@@H]4CCCN4C4CCN(CC4)C(=O)[C@H]23)cc1. The predicted octanol–water partition coefficient (Wildman–Crippen LogP) is 0.722. The summed E-state index contributed by atoms with van der Waals surface area (Å²) in [4.78, 5) is 66.5. The van der Waals surface area contributed by atoms with Crippen LogP contribution in [0.5, 0.6) is 0 Å². The third-order valence-corrected chi connectivity index (χ3v) is 13.3. The number of ether oxygens (including phenoxy) is 1. The van der Waals surface area contributed by atoms with Crippen molar-refractivity contribution in [2.45, 2.75) is 87.0 Å². The first-order valence-corrected chi connectivity index (χ1v) is 20.5. The molecule has 274 valence electrons. The Morgan fingerprint density at radius 1 is 0.860 bits per heavy atom. The number of nitrogens with zero attached hydrogens (tertiary/aromatic N) is 5. The van der Waals surface area contributed by atoms with Crippen LogP contribution in [0.15, 0.2) is 29.2 Å². The number of piperidine rings is 2. The molecule has 5 atom stereocenters. The van der Waals surface area contributed by atoms with Gasteiger partial charge in [0.2, 0.25) is 23.6 Å². The summed E-state index contributed by atoms with van der Waals surface area (Å²) in [7, 11) is -3.31. The summed E-state index contributed by atoms with van der Waals surface area (Å²) >= 11 is 0. The lowest BCUT2D eigenvalue weighted by Crippen LogP contribution is -2.57. The molecule has 50 heavy (non-hydrogen) atoms. The Hall–Kier alpha value is -3.07. The van der Waals surface area contributed by atoms with Gasteiger partial charge in [0.05, 0.1) is 24.2 Å². The molecule has 4 bridgehead atoms. The number of nitrogens with one attached hydrogen (secondary N) is 1. The first-order valence-electron chi connectivity index (χ1n) is 18.6. The molecule has 1 N–H and O–H groups in total. The predicted molar refractivity (Wildman–Crippen MR) is 184 cm³/mol. The highest BCUT2D eigenvalue weighted by atomic mass is 32.2. The molecule has 0 aliphatic carbocycles. The number of carbonyl (C=O) groups is 4. The van der Waals surface area contributed by atoms with E-state index < -0.39 is 15.9 Å². The van der Waals surface area contributed by atoms with Crippen LogP contribution in [0.2, 0.25) is 0 Å². The van der Waals surface area contributed by atoms with Crippen LogP contribution in [-0.2, 0) is 40.3 Å². The van der Waals surface area contributed by atoms with E-state index >= 15 is 0 Å². The molecule has 1 aromatic rings. The molecular formula is C36H52N6O7S. The minimum atomic E-state index is -3.31. The molecule has 7 fully saturated rings. The Kier molecular flexibility index (Phi) is 10.5. The van der Waals surface area contributed by atoms with Gasteiger partial charge < -0.3 is 29.7 Å². The van der Waals surface area contributed by atoms with Crippen molar-refractivity contribution in [3.05, 3.63) is 29.8 Å². The van der Waals surface area contributed by atoms with E-state index in [9.17, 15) is 27.6 Å². The maximum atomic E-state index is 14.4. The molecule has 1 aromatic carbocycles. The first kappa shape index (κ1) is 35.3. The molecule has 7 aliphatic rings. The third-order valence-electron chi connectivity index (χ3n) is 12.2. The summed E-state index contributed by atoms with van der Waals surface area (Å²) in [5, 5.41) is 3.55. The van der Waals surface area contributed by atoms with Crippen LogP contribution >= 0.6 is 0 Å². The van der Waals surface area contributed by atoms with Crippen molar-refractivity contribution in [3.8, 4) is 0 Å². The van der Waals surface area contributed by atoms with E-state index in [1.54, 1.807) is 29.2 Å². The van der Waals surface area contributed by atoms with Crippen molar-refractivity contribution in [2.24, 2.45) is 11.8 Å². The number of hydrogen-bond donors (Lipinski definition) is 1. The summed E-state index contributed by atoms with van der Waals surface area (Å²) in [5.74, 6) is -0.115. The lowest BCUT2D eigenvalue weighted by molar-refractivity contribution is -0.146. The molecule has 0 unspecified atom stereocenters. The summed E-state index contributed by atoms with van der Waals surface area (Å²) in [6.07, 6.45) is 6.41. The average Bonchev–Trinajstić information content (AvgIpc) is 3.79. The second-order valence-electron chi connectivity index (χ2n) is 15.2. The highest BCUT2D eigenvalue weighted by molar-refractivity contribution is 7.90. The van der Waals surface area contributed by atoms with Crippen LogP contribution in [0.25, 0.3) is 0 Å². The van der Waals surface area contributed by atoms with Crippen LogP contribution in [0, 0.1) is 11.8 Å². The van der Waals surface area contributed by atoms with Gasteiger partial charge in [-0.3, -0.25) is 24.1 Å². The van der Waals surface area contributed by atoms with E-state index in [0.717, 1.165) is 37.8 Å². The molecule has 7 aliphatic heterocycles. The van der Waals surface area contributed by atoms with E-state index in [1.165, 1.54) is 6.26 Å². The summed E-state index contributed by atoms with van der Waals surface area (Å²) < 4.78 is 29.4. The van der Waals surface area contributed by atoms with Crippen molar-refractivity contribution >= 4 is 33.5 Å². The Labute approximate surface area is 295 Å². The Morgan fingerprint density at radius 2 is 1.58 bits per heavy atom. The highest BCUT2D eigenvalue weighted by Crippen LogP contribution is 2.35. The van der Waals surface area contributed by atoms with Crippen molar-refractivity contribution in [3.63, 3.8) is 0 Å². The van der Waals surface area contributed by atoms with Crippen molar-refractivity contribution in [2.75, 3.05) is 71.8 Å². The third kappa shape index (κ3) is 7.44. The number of carbonyl (C=O) groups excluding carboxylic acids is 4. The molecule has 8 rings (SSSR count). The number of rotatable bonds is 6. The minimum absolute atomic E-state index is 0.0331. The Balaban J connectivity index is 1.14. The van der Waals surface area contributed by atoms with Gasteiger partial charge in [0.15, 0.2) is 9.84 Å². The van der Waals surface area contributed by atoms with Gasteiger partial charge in [0.25, 0.3) is 0 Å². The molecule has 4 amide bonds. The van der Waals surface area contributed by atoms with Gasteiger partial charge in [-0.15, -0.1) is 0 Å². The number of sulfone groups is 1. The van der Waals surface area contributed by atoms with Gasteiger partial charge in [-0.2, -0.15) is 0 Å². The van der Waals surface area contributed by atoms with E-state index in [1.807, 2.05) is 14.7 Å². The highest BCUT2D eigenvalue weighted by Gasteiger charge is 2.47. The molecule has 0 aromatic heterocycles. The smallest absolute Gasteiger partial charge is 0.246 e. The quantitative estimate of drug-likeness (QED) is 0.452. The van der Waals surface area contributed by atoms with Gasteiger partial charge in [-0.25, -0.2) is 8.42 Å². The van der Waals surface area contributed by atoms with Crippen molar-refractivity contribution < 1.29 is 32.3 Å². The zero-order valence-corrected chi connectivity index (χ0v) is 30.0. The fourth-order valence-corrected chi connectivity index (χ4v) is 9.92. The van der Waals surface area contributed by atoms with E-state index in [0.29, 0.717) is 84.8 Å². The van der Waals surface area contributed by atoms with Crippen molar-refractivity contribution in [1.29, 1.82) is 0 Å². The van der Waals surface area contributed by atoms with Gasteiger partial charge in [-0.05, 0) is 74.6 Å². The van der Waals surface area contributed by atoms with Crippen molar-refractivity contribution in [1.82, 2.24) is 29.8 Å². The Morgan fingerprint density at radius 3 is 2.30 bits per heavy atom. The standard InChI is InChI=1S/C36H52N6O7S/c1-50(47,48)29-6-4-25(5-7-29)23-37-30-11-16-42-33(44)22-27-24-40(13-8-26(27)21-32(43)38-17-19-49-20-18-38)35(45)31-3-2-12-41(31)28-9-14-39(15-10-28)36(46)34(30)42/h4-7,26-28,30-31,34,37H,2-3,8-24H2,1H3/t26-,27-,30+,31-,34-/m0/s1. The van der Waals surface area contributed by atoms with E-state index in [-0.39, 0.29) is 64.9 Å². The van der Waals surface area contributed by atoms with E-state index in [4.69, 9.17) is 4.74 Å². The molecule has 0 radical (unpaired) electrons. The average molecular weight is 713 g/mol. The minimum Gasteiger partial charge on any atom is -0.378 e. The molecule has 0 spiro atoms.